The molecule has 4 aromatic heterocycles. The van der Waals surface area contributed by atoms with E-state index < -0.39 is 0 Å². The predicted molar refractivity (Wildman–Crippen MR) is 205 cm³/mol. The van der Waals surface area contributed by atoms with Crippen molar-refractivity contribution in [3.05, 3.63) is 76.1 Å². The maximum atomic E-state index is 13.9. The Balaban J connectivity index is 1.09. The van der Waals surface area contributed by atoms with Crippen LogP contribution in [0.3, 0.4) is 0 Å². The molecule has 53 heavy (non-hydrogen) atoms. The fourth-order valence-electron chi connectivity index (χ4n) is 8.14. The molecule has 1 aliphatic carbocycles. The molecule has 1 atom stereocenters. The van der Waals surface area contributed by atoms with Crippen LogP contribution in [0.2, 0.25) is 0 Å². The van der Waals surface area contributed by atoms with Gasteiger partial charge in [0, 0.05) is 75.0 Å². The van der Waals surface area contributed by atoms with Crippen LogP contribution in [-0.4, -0.2) is 92.4 Å². The Labute approximate surface area is 311 Å². The van der Waals surface area contributed by atoms with Gasteiger partial charge in [0.25, 0.3) is 11.5 Å². The molecule has 0 spiro atoms. The van der Waals surface area contributed by atoms with E-state index in [4.69, 9.17) is 9.72 Å². The van der Waals surface area contributed by atoms with Crippen molar-refractivity contribution in [1.82, 2.24) is 24.0 Å². The molecule has 278 valence electrons. The van der Waals surface area contributed by atoms with Crippen molar-refractivity contribution in [3.63, 3.8) is 0 Å². The van der Waals surface area contributed by atoms with E-state index >= 15 is 0 Å². The molecule has 2 saturated heterocycles. The predicted octanol–water partition coefficient (Wildman–Crippen LogP) is 3.76. The number of ether oxygens (including phenoxy) is 1. The van der Waals surface area contributed by atoms with E-state index in [1.54, 1.807) is 30.4 Å². The van der Waals surface area contributed by atoms with E-state index in [2.05, 4.69) is 57.3 Å². The zero-order valence-electron chi connectivity index (χ0n) is 30.5. The van der Waals surface area contributed by atoms with Crippen molar-refractivity contribution in [2.24, 2.45) is 12.5 Å². The minimum Gasteiger partial charge on any atom is -0.392 e. The SMILES string of the molecule is C=CC(=O)Nc1cc(Nc2nc(-c3ccnc(N4CCn5c(cc6c5CC(C)(C)C6)C4=O)c3CO)cn(C)c2=O)sc1N1CCN(C2COC2)C[C@H]1C. The molecule has 2 fully saturated rings. The maximum Gasteiger partial charge on any atom is 0.293 e. The van der Waals surface area contributed by atoms with Crippen LogP contribution in [0.25, 0.3) is 11.3 Å². The highest BCUT2D eigenvalue weighted by atomic mass is 32.1. The van der Waals surface area contributed by atoms with Crippen molar-refractivity contribution in [3.8, 4) is 11.3 Å². The number of carbonyl (C=O) groups excluding carboxylic acids is 2. The first-order valence-electron chi connectivity index (χ1n) is 18.1. The molecule has 3 aliphatic heterocycles. The molecule has 3 N–H and O–H groups in total. The fraction of sp³-hybridized carbons (Fsp3) is 0.447. The van der Waals surface area contributed by atoms with Crippen LogP contribution in [0.5, 0.6) is 0 Å². The monoisotopic (exact) mass is 739 g/mol. The van der Waals surface area contributed by atoms with Crippen LogP contribution in [0.15, 0.2) is 48.0 Å². The number of fused-ring (bicyclic) bond motifs is 3. The van der Waals surface area contributed by atoms with Crippen LogP contribution >= 0.6 is 11.3 Å². The number of rotatable bonds is 9. The average Bonchev–Trinajstić information content (AvgIpc) is 3.75. The second kappa shape index (κ2) is 13.5. The highest BCUT2D eigenvalue weighted by molar-refractivity contribution is 7.20. The third-order valence-electron chi connectivity index (χ3n) is 10.9. The van der Waals surface area contributed by atoms with Crippen LogP contribution in [0, 0.1) is 5.41 Å². The molecule has 0 saturated carbocycles. The largest absolute Gasteiger partial charge is 0.392 e. The summed E-state index contributed by atoms with van der Waals surface area (Å²) in [5.41, 5.74) is 4.98. The molecular weight excluding hydrogens is 695 g/mol. The number of amides is 2. The summed E-state index contributed by atoms with van der Waals surface area (Å²) >= 11 is 1.43. The van der Waals surface area contributed by atoms with Gasteiger partial charge in [0.15, 0.2) is 5.82 Å². The van der Waals surface area contributed by atoms with Gasteiger partial charge in [0.1, 0.15) is 16.5 Å². The topological polar surface area (TPSA) is 150 Å². The summed E-state index contributed by atoms with van der Waals surface area (Å²) in [5.74, 6) is -0.0336. The van der Waals surface area contributed by atoms with Crippen molar-refractivity contribution in [2.45, 2.75) is 58.8 Å². The number of thiophene rings is 1. The Bertz CT molecular complexity index is 2180. The van der Waals surface area contributed by atoms with E-state index in [1.165, 1.54) is 33.2 Å². The number of aromatic nitrogens is 4. The van der Waals surface area contributed by atoms with E-state index in [0.29, 0.717) is 58.2 Å². The van der Waals surface area contributed by atoms with Gasteiger partial charge in [-0.25, -0.2) is 9.97 Å². The lowest BCUT2D eigenvalue weighted by Crippen LogP contribution is -2.59. The first-order chi connectivity index (χ1) is 25.4. The number of aliphatic hydroxyl groups excluding tert-OH is 1. The number of hydrogen-bond acceptors (Lipinski definition) is 11. The Morgan fingerprint density at radius 2 is 1.98 bits per heavy atom. The summed E-state index contributed by atoms with van der Waals surface area (Å²) in [7, 11) is 1.64. The minimum absolute atomic E-state index is 0.0776. The molecule has 4 aliphatic rings. The highest BCUT2D eigenvalue weighted by Gasteiger charge is 2.38. The molecule has 0 aromatic carbocycles. The second-order valence-corrected chi connectivity index (χ2v) is 16.2. The van der Waals surface area contributed by atoms with Gasteiger partial charge in [0.2, 0.25) is 5.91 Å². The first-order valence-corrected chi connectivity index (χ1v) is 18.9. The molecule has 0 bridgehead atoms. The van der Waals surface area contributed by atoms with Crippen molar-refractivity contribution >= 4 is 50.5 Å². The van der Waals surface area contributed by atoms with Gasteiger partial charge in [-0.05, 0) is 55.0 Å². The lowest BCUT2D eigenvalue weighted by atomic mass is 9.90. The van der Waals surface area contributed by atoms with Crippen molar-refractivity contribution < 1.29 is 19.4 Å². The zero-order valence-corrected chi connectivity index (χ0v) is 31.3. The van der Waals surface area contributed by atoms with E-state index in [9.17, 15) is 19.5 Å². The van der Waals surface area contributed by atoms with E-state index in [1.807, 2.05) is 12.1 Å². The van der Waals surface area contributed by atoms with Crippen LogP contribution in [0.1, 0.15) is 48.1 Å². The summed E-state index contributed by atoms with van der Waals surface area (Å²) in [6.45, 7) is 15.0. The highest BCUT2D eigenvalue weighted by Crippen LogP contribution is 2.43. The molecule has 0 unspecified atom stereocenters. The smallest absolute Gasteiger partial charge is 0.293 e. The molecule has 7 heterocycles. The van der Waals surface area contributed by atoms with Gasteiger partial charge in [-0.2, -0.15) is 0 Å². The molecule has 2 amide bonds. The maximum absolute atomic E-state index is 13.9. The average molecular weight is 740 g/mol. The summed E-state index contributed by atoms with van der Waals surface area (Å²) < 4.78 is 9.00. The molecule has 15 heteroatoms. The van der Waals surface area contributed by atoms with Gasteiger partial charge in [-0.1, -0.05) is 31.8 Å². The van der Waals surface area contributed by atoms with Gasteiger partial charge in [0.05, 0.1) is 42.2 Å². The summed E-state index contributed by atoms with van der Waals surface area (Å²) in [6, 6.07) is 6.18. The van der Waals surface area contributed by atoms with Crippen molar-refractivity contribution in [2.75, 3.05) is 59.8 Å². The molecule has 8 rings (SSSR count). The molecule has 4 aromatic rings. The number of pyridine rings is 1. The number of nitrogens with one attached hydrogen (secondary N) is 2. The van der Waals surface area contributed by atoms with Gasteiger partial charge in [-0.3, -0.25) is 24.2 Å². The van der Waals surface area contributed by atoms with Crippen LogP contribution < -0.4 is 26.0 Å². The number of nitrogens with zero attached hydrogens (tertiary/aromatic N) is 7. The number of hydrogen-bond donors (Lipinski definition) is 3. The molecule has 14 nitrogen and oxygen atoms in total. The van der Waals surface area contributed by atoms with Gasteiger partial charge >= 0.3 is 0 Å². The van der Waals surface area contributed by atoms with Crippen LogP contribution in [0.4, 0.5) is 27.3 Å². The minimum atomic E-state index is -0.388. The third-order valence-corrected chi connectivity index (χ3v) is 12.0. The number of aryl methyl sites for hydroxylation is 1. The summed E-state index contributed by atoms with van der Waals surface area (Å²) in [6.07, 6.45) is 6.32. The second-order valence-electron chi connectivity index (χ2n) is 15.2. The van der Waals surface area contributed by atoms with E-state index in [0.717, 1.165) is 50.7 Å². The normalized spacial score (nSPS) is 19.9. The van der Waals surface area contributed by atoms with Gasteiger partial charge in [-0.15, -0.1) is 0 Å². The van der Waals surface area contributed by atoms with Gasteiger partial charge < -0.3 is 34.5 Å². The first kappa shape index (κ1) is 35.2. The van der Waals surface area contributed by atoms with E-state index in [-0.39, 0.29) is 41.3 Å². The van der Waals surface area contributed by atoms with Crippen molar-refractivity contribution in [1.29, 1.82) is 0 Å². The Morgan fingerprint density at radius 3 is 2.70 bits per heavy atom. The standard InChI is InChI=1S/C38H45N9O5S/c1-6-31(49)40-27-14-32(53-37(27)45-10-9-44(17-22(45)2)24-20-52-21-24)42-33-36(51)43(5)18-28(41-33)25-7-8-39-34(26(25)19-48)47-12-11-46-29(35(47)50)13-23-15-38(3,4)16-30(23)46/h6-8,13-14,18,22,24,48H,1,9-12,15-17,19-21H2,2-5H3,(H,40,49)(H,41,42)/t22-/m1/s1. The molecule has 0 radical (unpaired) electrons. The Hall–Kier alpha value is -4.83. The Kier molecular flexibility index (Phi) is 9.00. The number of aliphatic hydroxyl groups is 1. The third kappa shape index (κ3) is 6.34. The number of anilines is 5. The number of piperazine rings is 1. The lowest BCUT2D eigenvalue weighted by molar-refractivity contribution is -0.111. The quantitative estimate of drug-likeness (QED) is 0.217. The lowest BCUT2D eigenvalue weighted by Gasteiger charge is -2.46. The summed E-state index contributed by atoms with van der Waals surface area (Å²) in [5, 5.41) is 18.4. The van der Waals surface area contributed by atoms with Crippen LogP contribution in [-0.2, 0) is 42.6 Å². The fourth-order valence-corrected chi connectivity index (χ4v) is 9.28. The number of carbonyl (C=O) groups is 2. The summed E-state index contributed by atoms with van der Waals surface area (Å²) in [4.78, 5) is 55.7. The Morgan fingerprint density at radius 1 is 1.17 bits per heavy atom. The molecular formula is C38H45N9O5S. The zero-order chi connectivity index (χ0) is 37.2.